The van der Waals surface area contributed by atoms with E-state index in [1.165, 1.54) is 0 Å². The first-order chi connectivity index (χ1) is 7.15. The number of benzene rings is 1. The van der Waals surface area contributed by atoms with Crippen LogP contribution in [-0.2, 0) is 5.75 Å². The van der Waals surface area contributed by atoms with E-state index in [9.17, 15) is 0 Å². The third kappa shape index (κ3) is 2.45. The van der Waals surface area contributed by atoms with Crippen LogP contribution in [0.15, 0.2) is 22.6 Å². The van der Waals surface area contributed by atoms with Gasteiger partial charge in [-0.3, -0.25) is 0 Å². The van der Waals surface area contributed by atoms with Crippen LogP contribution in [0.25, 0.3) is 11.1 Å². The summed E-state index contributed by atoms with van der Waals surface area (Å²) >= 11 is 1.82. The van der Waals surface area contributed by atoms with Gasteiger partial charge in [0.15, 0.2) is 5.58 Å². The molecule has 0 aliphatic carbocycles. The molecule has 0 atom stereocenters. The summed E-state index contributed by atoms with van der Waals surface area (Å²) in [6, 6.07) is 5.54. The monoisotopic (exact) mass is 222 g/mol. The maximum atomic E-state index is 5.66. The van der Waals surface area contributed by atoms with Gasteiger partial charge in [0.05, 0.1) is 5.75 Å². The van der Waals surface area contributed by atoms with Gasteiger partial charge in [-0.1, -0.05) is 13.8 Å². The molecule has 0 aliphatic heterocycles. The van der Waals surface area contributed by atoms with E-state index in [-0.39, 0.29) is 0 Å². The molecule has 80 valence electrons. The smallest absolute Gasteiger partial charge is 0.205 e. The third-order valence-corrected chi connectivity index (χ3v) is 3.08. The number of hydrogen-bond acceptors (Lipinski definition) is 4. The molecule has 0 fully saturated rings. The summed E-state index contributed by atoms with van der Waals surface area (Å²) in [6.07, 6.45) is 0. The summed E-state index contributed by atoms with van der Waals surface area (Å²) in [5.74, 6) is 1.58. The van der Waals surface area contributed by atoms with Crippen LogP contribution in [0.3, 0.4) is 0 Å². The molecule has 2 N–H and O–H groups in total. The molecule has 0 amide bonds. The number of nitrogens with zero attached hydrogens (tertiary/aromatic N) is 1. The van der Waals surface area contributed by atoms with Gasteiger partial charge in [-0.05, 0) is 17.4 Å². The van der Waals surface area contributed by atoms with Gasteiger partial charge in [-0.15, -0.1) is 11.8 Å². The van der Waals surface area contributed by atoms with E-state index in [1.54, 1.807) is 0 Å². The lowest BCUT2D eigenvalue weighted by Crippen LogP contribution is -1.88. The Morgan fingerprint density at radius 2 is 2.27 bits per heavy atom. The molecule has 0 spiro atoms. The fourth-order valence-electron chi connectivity index (χ4n) is 1.29. The second kappa shape index (κ2) is 4.14. The topological polar surface area (TPSA) is 52.0 Å². The Labute approximate surface area is 93.0 Å². The average Bonchev–Trinajstić information content (AvgIpc) is 2.56. The maximum Gasteiger partial charge on any atom is 0.205 e. The van der Waals surface area contributed by atoms with Crippen LogP contribution in [0.4, 0.5) is 5.69 Å². The number of nitrogens with two attached hydrogens (primary N) is 1. The lowest BCUT2D eigenvalue weighted by atomic mass is 10.3. The highest BCUT2D eigenvalue weighted by Crippen LogP contribution is 2.22. The molecule has 0 aliphatic rings. The number of anilines is 1. The number of aromatic nitrogens is 1. The Balaban J connectivity index is 2.23. The van der Waals surface area contributed by atoms with E-state index in [0.717, 1.165) is 22.7 Å². The Morgan fingerprint density at radius 1 is 1.47 bits per heavy atom. The van der Waals surface area contributed by atoms with E-state index in [2.05, 4.69) is 18.8 Å². The van der Waals surface area contributed by atoms with Crippen LogP contribution in [0.5, 0.6) is 0 Å². The van der Waals surface area contributed by atoms with Crippen LogP contribution >= 0.6 is 11.8 Å². The number of thioether (sulfide) groups is 1. The molecule has 3 nitrogen and oxygen atoms in total. The van der Waals surface area contributed by atoms with Crippen LogP contribution < -0.4 is 5.73 Å². The van der Waals surface area contributed by atoms with Crippen molar-refractivity contribution in [2.24, 2.45) is 0 Å². The minimum absolute atomic E-state index is 0.588. The molecule has 0 radical (unpaired) electrons. The number of nitrogen functional groups attached to an aromatic ring is 1. The molecule has 1 aromatic heterocycles. The second-order valence-electron chi connectivity index (χ2n) is 3.69. The molecule has 0 saturated heterocycles. The van der Waals surface area contributed by atoms with Crippen molar-refractivity contribution >= 4 is 28.5 Å². The number of fused-ring (bicyclic) bond motifs is 1. The zero-order chi connectivity index (χ0) is 10.8. The van der Waals surface area contributed by atoms with Gasteiger partial charge < -0.3 is 10.2 Å². The zero-order valence-electron chi connectivity index (χ0n) is 8.86. The van der Waals surface area contributed by atoms with Crippen LogP contribution in [0.2, 0.25) is 0 Å². The first kappa shape index (κ1) is 10.4. The highest BCUT2D eigenvalue weighted by molar-refractivity contribution is 7.99. The van der Waals surface area contributed by atoms with Gasteiger partial charge in [0.25, 0.3) is 0 Å². The first-order valence-electron chi connectivity index (χ1n) is 4.91. The summed E-state index contributed by atoms with van der Waals surface area (Å²) < 4.78 is 5.59. The average molecular weight is 222 g/mol. The van der Waals surface area contributed by atoms with Crippen LogP contribution in [0.1, 0.15) is 19.7 Å². The van der Waals surface area contributed by atoms with Crippen molar-refractivity contribution in [2.45, 2.75) is 24.9 Å². The molecular formula is C11H14N2OS. The Bertz CT molecular complexity index is 465. The molecule has 2 aromatic rings. The molecule has 1 aromatic carbocycles. The highest BCUT2D eigenvalue weighted by Gasteiger charge is 2.06. The van der Waals surface area contributed by atoms with E-state index in [1.807, 2.05) is 30.0 Å². The summed E-state index contributed by atoms with van der Waals surface area (Å²) in [5, 5.41) is 0.588. The van der Waals surface area contributed by atoms with E-state index >= 15 is 0 Å². The number of hydrogen-bond donors (Lipinski definition) is 1. The fourth-order valence-corrected chi connectivity index (χ4v) is 1.89. The maximum absolute atomic E-state index is 5.66. The number of rotatable bonds is 3. The number of oxazole rings is 1. The van der Waals surface area contributed by atoms with Crippen molar-refractivity contribution < 1.29 is 4.42 Å². The molecule has 15 heavy (non-hydrogen) atoms. The third-order valence-electron chi connectivity index (χ3n) is 2.00. The van der Waals surface area contributed by atoms with Gasteiger partial charge in [0.1, 0.15) is 5.52 Å². The predicted molar refractivity (Wildman–Crippen MR) is 64.9 cm³/mol. The van der Waals surface area contributed by atoms with Crippen molar-refractivity contribution in [2.75, 3.05) is 5.73 Å². The van der Waals surface area contributed by atoms with E-state index < -0.39 is 0 Å². The van der Waals surface area contributed by atoms with Crippen molar-refractivity contribution in [3.05, 3.63) is 24.1 Å². The normalized spacial score (nSPS) is 11.4. The Kier molecular flexibility index (Phi) is 2.86. The van der Waals surface area contributed by atoms with Crippen molar-refractivity contribution in [3.63, 3.8) is 0 Å². The molecule has 2 rings (SSSR count). The van der Waals surface area contributed by atoms with Gasteiger partial charge >= 0.3 is 0 Å². The van der Waals surface area contributed by atoms with Crippen molar-refractivity contribution in [1.82, 2.24) is 4.98 Å². The van der Waals surface area contributed by atoms with E-state index in [0.29, 0.717) is 10.9 Å². The van der Waals surface area contributed by atoms with Crippen LogP contribution in [0, 0.1) is 0 Å². The standard InChI is InChI=1S/C11H14N2OS/c1-7(2)15-6-11-13-9-4-3-8(12)5-10(9)14-11/h3-5,7H,6,12H2,1-2H3. The fraction of sp³-hybridized carbons (Fsp3) is 0.364. The largest absolute Gasteiger partial charge is 0.440 e. The summed E-state index contributed by atoms with van der Waals surface area (Å²) in [7, 11) is 0. The predicted octanol–water partition coefficient (Wildman–Crippen LogP) is 3.05. The van der Waals surface area contributed by atoms with Gasteiger partial charge in [-0.2, -0.15) is 0 Å². The molecule has 0 bridgehead atoms. The highest BCUT2D eigenvalue weighted by atomic mass is 32.2. The first-order valence-corrected chi connectivity index (χ1v) is 5.96. The van der Waals surface area contributed by atoms with Crippen molar-refractivity contribution in [3.8, 4) is 0 Å². The molecule has 0 saturated carbocycles. The molecule has 1 heterocycles. The summed E-state index contributed by atoms with van der Waals surface area (Å²) in [4.78, 5) is 4.38. The molecule has 4 heteroatoms. The summed E-state index contributed by atoms with van der Waals surface area (Å²) in [6.45, 7) is 4.32. The molecular weight excluding hydrogens is 208 g/mol. The SMILES string of the molecule is CC(C)SCc1nc2ccc(N)cc2o1. The Morgan fingerprint density at radius 3 is 3.00 bits per heavy atom. The Hall–Kier alpha value is -1.16. The molecule has 0 unspecified atom stereocenters. The van der Waals surface area contributed by atoms with Gasteiger partial charge in [-0.25, -0.2) is 4.98 Å². The minimum atomic E-state index is 0.588. The minimum Gasteiger partial charge on any atom is -0.440 e. The van der Waals surface area contributed by atoms with Crippen LogP contribution in [-0.4, -0.2) is 10.2 Å². The zero-order valence-corrected chi connectivity index (χ0v) is 9.67. The van der Waals surface area contributed by atoms with E-state index in [4.69, 9.17) is 10.2 Å². The lowest BCUT2D eigenvalue weighted by molar-refractivity contribution is 0.556. The van der Waals surface area contributed by atoms with Gasteiger partial charge in [0, 0.05) is 11.8 Å². The lowest BCUT2D eigenvalue weighted by Gasteiger charge is -1.99. The summed E-state index contributed by atoms with van der Waals surface area (Å²) in [5.41, 5.74) is 8.02. The van der Waals surface area contributed by atoms with Crippen molar-refractivity contribution in [1.29, 1.82) is 0 Å². The second-order valence-corrected chi connectivity index (χ2v) is 5.26. The quantitative estimate of drug-likeness (QED) is 0.811. The van der Waals surface area contributed by atoms with Gasteiger partial charge in [0.2, 0.25) is 5.89 Å².